The number of carbonyl (C=O) groups is 1. The number of hydrogen-bond donors (Lipinski definition) is 0. The van der Waals surface area contributed by atoms with Crippen molar-refractivity contribution in [2.45, 2.75) is 45.1 Å². The lowest BCUT2D eigenvalue weighted by Crippen LogP contribution is -2.42. The van der Waals surface area contributed by atoms with Crippen molar-refractivity contribution in [1.82, 2.24) is 4.90 Å². The van der Waals surface area contributed by atoms with Crippen molar-refractivity contribution in [2.24, 2.45) is 0 Å². The average Bonchev–Trinajstić information content (AvgIpc) is 2.58. The third kappa shape index (κ3) is 4.09. The summed E-state index contributed by atoms with van der Waals surface area (Å²) in [6.07, 6.45) is 4.61. The zero-order valence-electron chi connectivity index (χ0n) is 14.6. The van der Waals surface area contributed by atoms with Gasteiger partial charge in [-0.25, -0.2) is 0 Å². The van der Waals surface area contributed by atoms with E-state index in [0.29, 0.717) is 36.1 Å². The number of benzene rings is 1. The normalized spacial score (nSPS) is 17.7. The minimum atomic E-state index is 0.228. The Morgan fingerprint density at radius 1 is 1.13 bits per heavy atom. The highest BCUT2D eigenvalue weighted by molar-refractivity contribution is 5.77. The van der Waals surface area contributed by atoms with Crippen LogP contribution in [0.2, 0.25) is 0 Å². The van der Waals surface area contributed by atoms with Crippen molar-refractivity contribution in [1.29, 1.82) is 0 Å². The summed E-state index contributed by atoms with van der Waals surface area (Å²) in [7, 11) is 4.78. The number of ether oxygens (including phenoxy) is 3. The monoisotopic (exact) mass is 321 g/mol. The van der Waals surface area contributed by atoms with Crippen LogP contribution >= 0.6 is 0 Å². The molecule has 0 N–H and O–H groups in total. The van der Waals surface area contributed by atoms with E-state index < -0.39 is 0 Å². The van der Waals surface area contributed by atoms with Gasteiger partial charge in [0, 0.05) is 19.0 Å². The van der Waals surface area contributed by atoms with Crippen LogP contribution in [-0.2, 0) is 11.2 Å². The molecule has 23 heavy (non-hydrogen) atoms. The molecule has 1 unspecified atom stereocenters. The Labute approximate surface area is 138 Å². The summed E-state index contributed by atoms with van der Waals surface area (Å²) in [5.74, 6) is 2.06. The molecule has 1 saturated heterocycles. The van der Waals surface area contributed by atoms with E-state index in [2.05, 4.69) is 6.92 Å². The summed E-state index contributed by atoms with van der Waals surface area (Å²) >= 11 is 0. The molecule has 0 spiro atoms. The van der Waals surface area contributed by atoms with E-state index in [-0.39, 0.29) is 5.91 Å². The fourth-order valence-electron chi connectivity index (χ4n) is 3.14. The zero-order valence-corrected chi connectivity index (χ0v) is 14.6. The van der Waals surface area contributed by atoms with Crippen LogP contribution < -0.4 is 14.2 Å². The SMILES string of the molecule is COc1cc(CCC(=O)N2CCCCC2C)cc(OC)c1OC. The van der Waals surface area contributed by atoms with Gasteiger partial charge in [0.2, 0.25) is 11.7 Å². The van der Waals surface area contributed by atoms with Crippen LogP contribution in [0.5, 0.6) is 17.2 Å². The van der Waals surface area contributed by atoms with Crippen molar-refractivity contribution < 1.29 is 19.0 Å². The number of carbonyl (C=O) groups excluding carboxylic acids is 1. The van der Waals surface area contributed by atoms with E-state index in [1.54, 1.807) is 21.3 Å². The Hall–Kier alpha value is -1.91. The van der Waals surface area contributed by atoms with Gasteiger partial charge in [0.1, 0.15) is 0 Å². The number of nitrogens with zero attached hydrogens (tertiary/aromatic N) is 1. The molecule has 1 aromatic carbocycles. The quantitative estimate of drug-likeness (QED) is 0.808. The fraction of sp³-hybridized carbons (Fsp3) is 0.611. The summed E-state index contributed by atoms with van der Waals surface area (Å²) in [5, 5.41) is 0. The molecular formula is C18H27NO4. The van der Waals surface area contributed by atoms with Crippen molar-refractivity contribution in [3.05, 3.63) is 17.7 Å². The predicted octanol–water partition coefficient (Wildman–Crippen LogP) is 3.05. The lowest BCUT2D eigenvalue weighted by atomic mass is 10.0. The minimum Gasteiger partial charge on any atom is -0.493 e. The maximum atomic E-state index is 12.5. The molecule has 1 amide bonds. The highest BCUT2D eigenvalue weighted by Crippen LogP contribution is 2.38. The molecule has 128 valence electrons. The molecule has 0 saturated carbocycles. The van der Waals surface area contributed by atoms with Gasteiger partial charge in [-0.2, -0.15) is 0 Å². The maximum Gasteiger partial charge on any atom is 0.223 e. The average molecular weight is 321 g/mol. The van der Waals surface area contributed by atoms with E-state index in [4.69, 9.17) is 14.2 Å². The smallest absolute Gasteiger partial charge is 0.223 e. The lowest BCUT2D eigenvalue weighted by Gasteiger charge is -2.33. The lowest BCUT2D eigenvalue weighted by molar-refractivity contribution is -0.134. The second kappa shape index (κ2) is 8.09. The highest BCUT2D eigenvalue weighted by atomic mass is 16.5. The molecule has 1 aromatic rings. The zero-order chi connectivity index (χ0) is 16.8. The third-order valence-corrected chi connectivity index (χ3v) is 4.48. The minimum absolute atomic E-state index is 0.228. The molecule has 0 aromatic heterocycles. The molecular weight excluding hydrogens is 294 g/mol. The van der Waals surface area contributed by atoms with E-state index in [1.165, 1.54) is 6.42 Å². The van der Waals surface area contributed by atoms with Crippen molar-refractivity contribution in [3.63, 3.8) is 0 Å². The first-order valence-corrected chi connectivity index (χ1v) is 8.19. The molecule has 1 aliphatic heterocycles. The summed E-state index contributed by atoms with van der Waals surface area (Å²) in [6.45, 7) is 3.02. The Bertz CT molecular complexity index is 519. The number of likely N-dealkylation sites (tertiary alicyclic amines) is 1. The molecule has 5 nitrogen and oxygen atoms in total. The van der Waals surface area contributed by atoms with Gasteiger partial charge < -0.3 is 19.1 Å². The molecule has 1 aliphatic rings. The van der Waals surface area contributed by atoms with Gasteiger partial charge in [0.05, 0.1) is 21.3 Å². The van der Waals surface area contributed by atoms with Gasteiger partial charge in [-0.05, 0) is 50.3 Å². The summed E-state index contributed by atoms with van der Waals surface area (Å²) in [5.41, 5.74) is 1.01. The molecule has 1 fully saturated rings. The second-order valence-corrected chi connectivity index (χ2v) is 5.97. The van der Waals surface area contributed by atoms with Crippen LogP contribution in [0.1, 0.15) is 38.2 Å². The van der Waals surface area contributed by atoms with Crippen LogP contribution in [0, 0.1) is 0 Å². The fourth-order valence-corrected chi connectivity index (χ4v) is 3.14. The van der Waals surface area contributed by atoms with Crippen molar-refractivity contribution in [2.75, 3.05) is 27.9 Å². The first kappa shape index (κ1) is 17.4. The first-order valence-electron chi connectivity index (χ1n) is 8.19. The molecule has 2 rings (SSSR count). The Morgan fingerprint density at radius 2 is 1.78 bits per heavy atom. The Balaban J connectivity index is 2.06. The van der Waals surface area contributed by atoms with Crippen LogP contribution in [0.3, 0.4) is 0 Å². The van der Waals surface area contributed by atoms with Crippen LogP contribution in [0.4, 0.5) is 0 Å². The molecule has 1 atom stereocenters. The van der Waals surface area contributed by atoms with Crippen LogP contribution in [-0.4, -0.2) is 44.7 Å². The van der Waals surface area contributed by atoms with Gasteiger partial charge in [-0.3, -0.25) is 4.79 Å². The van der Waals surface area contributed by atoms with Gasteiger partial charge in [0.15, 0.2) is 11.5 Å². The van der Waals surface area contributed by atoms with Crippen LogP contribution in [0.15, 0.2) is 12.1 Å². The number of rotatable bonds is 6. The molecule has 0 radical (unpaired) electrons. The van der Waals surface area contributed by atoms with Crippen molar-refractivity contribution >= 4 is 5.91 Å². The largest absolute Gasteiger partial charge is 0.493 e. The number of piperidine rings is 1. The van der Waals surface area contributed by atoms with E-state index in [9.17, 15) is 4.79 Å². The second-order valence-electron chi connectivity index (χ2n) is 5.97. The molecule has 0 bridgehead atoms. The van der Waals surface area contributed by atoms with E-state index in [1.807, 2.05) is 17.0 Å². The molecule has 0 aliphatic carbocycles. The predicted molar refractivity (Wildman–Crippen MR) is 89.4 cm³/mol. The Kier molecular flexibility index (Phi) is 6.13. The standard InChI is InChI=1S/C18H27NO4/c1-13-7-5-6-10-19(13)17(20)9-8-14-11-15(21-2)18(23-4)16(12-14)22-3/h11-13H,5-10H2,1-4H3. The topological polar surface area (TPSA) is 48.0 Å². The number of hydrogen-bond acceptors (Lipinski definition) is 4. The van der Waals surface area contributed by atoms with Crippen LogP contribution in [0.25, 0.3) is 0 Å². The van der Waals surface area contributed by atoms with Gasteiger partial charge in [-0.15, -0.1) is 0 Å². The maximum absolute atomic E-state index is 12.5. The number of aryl methyl sites for hydroxylation is 1. The number of amides is 1. The van der Waals surface area contributed by atoms with Crippen molar-refractivity contribution in [3.8, 4) is 17.2 Å². The summed E-state index contributed by atoms with van der Waals surface area (Å²) in [6, 6.07) is 4.18. The molecule has 5 heteroatoms. The third-order valence-electron chi connectivity index (χ3n) is 4.48. The number of methoxy groups -OCH3 is 3. The highest BCUT2D eigenvalue weighted by Gasteiger charge is 2.23. The summed E-state index contributed by atoms with van der Waals surface area (Å²) in [4.78, 5) is 14.5. The van der Waals surface area contributed by atoms with Gasteiger partial charge in [0.25, 0.3) is 0 Å². The van der Waals surface area contributed by atoms with Gasteiger partial charge in [-0.1, -0.05) is 0 Å². The van der Waals surface area contributed by atoms with Gasteiger partial charge >= 0.3 is 0 Å². The van der Waals surface area contributed by atoms with E-state index >= 15 is 0 Å². The van der Waals surface area contributed by atoms with E-state index in [0.717, 1.165) is 24.9 Å². The Morgan fingerprint density at radius 3 is 2.30 bits per heavy atom. The summed E-state index contributed by atoms with van der Waals surface area (Å²) < 4.78 is 16.0. The first-order chi connectivity index (χ1) is 11.1. The molecule has 1 heterocycles.